The van der Waals surface area contributed by atoms with Crippen LogP contribution in [0, 0.1) is 28.6 Å². The Morgan fingerprint density at radius 2 is 1.87 bits per heavy atom. The lowest BCUT2D eigenvalue weighted by atomic mass is 9.50. The van der Waals surface area contributed by atoms with E-state index in [4.69, 9.17) is 5.73 Å². The molecule has 0 radical (unpaired) electrons. The zero-order valence-electron chi connectivity index (χ0n) is 13.7. The number of carbonyl (C=O) groups excluding carboxylic acids is 2. The van der Waals surface area contributed by atoms with Gasteiger partial charge in [0.1, 0.15) is 5.78 Å². The molecule has 0 bridgehead atoms. The Labute approximate surface area is 143 Å². The second kappa shape index (κ2) is 5.07. The molecule has 5 atom stereocenters. The van der Waals surface area contributed by atoms with E-state index in [1.807, 2.05) is 0 Å². The summed E-state index contributed by atoms with van der Waals surface area (Å²) >= 11 is 0. The van der Waals surface area contributed by atoms with E-state index in [1.54, 1.807) is 6.08 Å². The lowest BCUT2D eigenvalue weighted by Gasteiger charge is -2.53. The van der Waals surface area contributed by atoms with Gasteiger partial charge >= 0.3 is 0 Å². The van der Waals surface area contributed by atoms with Crippen LogP contribution in [0.1, 0.15) is 39.5 Å². The van der Waals surface area contributed by atoms with Crippen molar-refractivity contribution in [3.05, 3.63) is 35.6 Å². The Morgan fingerprint density at radius 1 is 1.13 bits per heavy atom. The molecule has 4 rings (SSSR count). The van der Waals surface area contributed by atoms with Crippen LogP contribution in [0.2, 0.25) is 0 Å². The van der Waals surface area contributed by atoms with Crippen LogP contribution in [-0.2, 0) is 9.59 Å². The van der Waals surface area contributed by atoms with Gasteiger partial charge in [-0.1, -0.05) is 32.1 Å². The first-order valence-corrected chi connectivity index (χ1v) is 8.33. The molecule has 23 heavy (non-hydrogen) atoms. The summed E-state index contributed by atoms with van der Waals surface area (Å²) in [6.45, 7) is 4.37. The minimum absolute atomic E-state index is 0. The number of hydrogen-bond acceptors (Lipinski definition) is 3. The highest BCUT2D eigenvalue weighted by Crippen LogP contribution is 2.61. The Hall–Kier alpha value is -1.35. The first-order valence-electron chi connectivity index (χ1n) is 8.33. The molecule has 2 fully saturated rings. The SMILES string of the molecule is C[C@]12C=CC(=O)C(N)=C1C=C[C@@H]1[C@@H]2CC[C@]2(C)C(=O)CC[C@@H]12.Cl. The number of halogens is 1. The molecule has 2 N–H and O–H groups in total. The van der Waals surface area contributed by atoms with Gasteiger partial charge in [0.25, 0.3) is 0 Å². The summed E-state index contributed by atoms with van der Waals surface area (Å²) in [4.78, 5) is 24.2. The van der Waals surface area contributed by atoms with Gasteiger partial charge in [-0.3, -0.25) is 9.59 Å². The number of carbonyl (C=O) groups is 2. The zero-order chi connectivity index (χ0) is 15.7. The van der Waals surface area contributed by atoms with Gasteiger partial charge in [0.15, 0.2) is 0 Å². The van der Waals surface area contributed by atoms with Gasteiger partial charge in [-0.25, -0.2) is 0 Å². The fraction of sp³-hybridized carbons (Fsp3) is 0.579. The topological polar surface area (TPSA) is 60.2 Å². The van der Waals surface area contributed by atoms with Gasteiger partial charge in [0.2, 0.25) is 5.78 Å². The molecule has 3 nitrogen and oxygen atoms in total. The predicted octanol–water partition coefficient (Wildman–Crippen LogP) is 3.35. The van der Waals surface area contributed by atoms with E-state index >= 15 is 0 Å². The molecule has 0 unspecified atom stereocenters. The normalized spacial score (nSPS) is 44.5. The predicted molar refractivity (Wildman–Crippen MR) is 91.9 cm³/mol. The van der Waals surface area contributed by atoms with Gasteiger partial charge in [0, 0.05) is 17.3 Å². The van der Waals surface area contributed by atoms with Crippen molar-refractivity contribution in [2.45, 2.75) is 39.5 Å². The Morgan fingerprint density at radius 3 is 2.61 bits per heavy atom. The second-order valence-electron chi connectivity index (χ2n) is 7.88. The van der Waals surface area contributed by atoms with Crippen molar-refractivity contribution >= 4 is 24.0 Å². The molecule has 0 aliphatic heterocycles. The number of Topliss-reactive ketones (excluding diaryl/α,β-unsaturated/α-hetero) is 1. The van der Waals surface area contributed by atoms with Gasteiger partial charge < -0.3 is 5.73 Å². The highest BCUT2D eigenvalue weighted by Gasteiger charge is 2.57. The van der Waals surface area contributed by atoms with Crippen LogP contribution in [0.25, 0.3) is 0 Å². The quantitative estimate of drug-likeness (QED) is 0.739. The molecule has 0 amide bonds. The molecule has 124 valence electrons. The molecule has 0 saturated heterocycles. The maximum Gasteiger partial charge on any atom is 0.201 e. The van der Waals surface area contributed by atoms with Crippen LogP contribution < -0.4 is 5.73 Å². The highest BCUT2D eigenvalue weighted by atomic mass is 35.5. The van der Waals surface area contributed by atoms with E-state index in [-0.39, 0.29) is 29.0 Å². The Balaban J connectivity index is 0.00000156. The van der Waals surface area contributed by atoms with Crippen molar-refractivity contribution in [3.63, 3.8) is 0 Å². The third kappa shape index (κ3) is 1.95. The van der Waals surface area contributed by atoms with Crippen molar-refractivity contribution in [3.8, 4) is 0 Å². The summed E-state index contributed by atoms with van der Waals surface area (Å²) in [6, 6.07) is 0. The van der Waals surface area contributed by atoms with E-state index in [2.05, 4.69) is 32.1 Å². The molecule has 4 heteroatoms. The first-order chi connectivity index (χ1) is 10.4. The van der Waals surface area contributed by atoms with E-state index in [0.717, 1.165) is 31.3 Å². The van der Waals surface area contributed by atoms with Crippen molar-refractivity contribution < 1.29 is 9.59 Å². The van der Waals surface area contributed by atoms with Crippen LogP contribution in [0.15, 0.2) is 35.6 Å². The summed E-state index contributed by atoms with van der Waals surface area (Å²) in [5, 5.41) is 0. The molecule has 0 aromatic carbocycles. The summed E-state index contributed by atoms with van der Waals surface area (Å²) < 4.78 is 0. The third-order valence-corrected chi connectivity index (χ3v) is 7.01. The first kappa shape index (κ1) is 16.5. The number of allylic oxidation sites excluding steroid dienone is 5. The smallest absolute Gasteiger partial charge is 0.201 e. The molecule has 0 heterocycles. The minimum atomic E-state index is -0.162. The molecule has 0 aromatic rings. The van der Waals surface area contributed by atoms with Crippen LogP contribution in [0.5, 0.6) is 0 Å². The number of fused-ring (bicyclic) bond motifs is 5. The minimum Gasteiger partial charge on any atom is -0.395 e. The van der Waals surface area contributed by atoms with Gasteiger partial charge in [-0.2, -0.15) is 0 Å². The number of hydrogen-bond donors (Lipinski definition) is 1. The molecular weight excluding hydrogens is 310 g/mol. The van der Waals surface area contributed by atoms with Crippen LogP contribution in [0.4, 0.5) is 0 Å². The fourth-order valence-corrected chi connectivity index (χ4v) is 5.59. The van der Waals surface area contributed by atoms with Crippen molar-refractivity contribution in [2.24, 2.45) is 34.3 Å². The zero-order valence-corrected chi connectivity index (χ0v) is 14.5. The molecule has 4 aliphatic carbocycles. The van der Waals surface area contributed by atoms with E-state index in [0.29, 0.717) is 29.2 Å². The van der Waals surface area contributed by atoms with Crippen LogP contribution >= 0.6 is 12.4 Å². The Kier molecular flexibility index (Phi) is 3.64. The molecule has 2 saturated carbocycles. The summed E-state index contributed by atoms with van der Waals surface area (Å²) in [5.41, 5.74) is 7.15. The average molecular weight is 334 g/mol. The third-order valence-electron chi connectivity index (χ3n) is 7.01. The maximum atomic E-state index is 12.4. The van der Waals surface area contributed by atoms with E-state index in [1.165, 1.54) is 0 Å². The number of ketones is 2. The van der Waals surface area contributed by atoms with Crippen molar-refractivity contribution in [2.75, 3.05) is 0 Å². The van der Waals surface area contributed by atoms with Crippen molar-refractivity contribution in [1.82, 2.24) is 0 Å². The van der Waals surface area contributed by atoms with Gasteiger partial charge in [0.05, 0.1) is 5.70 Å². The lowest BCUT2D eigenvalue weighted by Crippen LogP contribution is -2.48. The molecule has 0 aromatic heterocycles. The van der Waals surface area contributed by atoms with Gasteiger partial charge in [-0.15, -0.1) is 12.4 Å². The van der Waals surface area contributed by atoms with Crippen molar-refractivity contribution in [1.29, 1.82) is 0 Å². The summed E-state index contributed by atoms with van der Waals surface area (Å²) in [6.07, 6.45) is 11.7. The highest BCUT2D eigenvalue weighted by molar-refractivity contribution is 6.05. The number of rotatable bonds is 0. The maximum absolute atomic E-state index is 12.4. The lowest BCUT2D eigenvalue weighted by molar-refractivity contribution is -0.130. The molecule has 0 spiro atoms. The monoisotopic (exact) mass is 333 g/mol. The molecule has 4 aliphatic rings. The van der Waals surface area contributed by atoms with E-state index in [9.17, 15) is 9.59 Å². The van der Waals surface area contributed by atoms with Crippen LogP contribution in [0.3, 0.4) is 0 Å². The van der Waals surface area contributed by atoms with Gasteiger partial charge in [-0.05, 0) is 48.7 Å². The second-order valence-corrected chi connectivity index (χ2v) is 7.88. The van der Waals surface area contributed by atoms with Crippen LogP contribution in [-0.4, -0.2) is 11.6 Å². The average Bonchev–Trinajstić information content (AvgIpc) is 2.79. The fourth-order valence-electron chi connectivity index (χ4n) is 5.59. The van der Waals surface area contributed by atoms with E-state index < -0.39 is 0 Å². The Bertz CT molecular complexity index is 677. The number of nitrogens with two attached hydrogens (primary N) is 1. The largest absolute Gasteiger partial charge is 0.395 e. The standard InChI is InChI=1S/C19H23NO2.ClH/c1-18-10-8-15(21)17(20)14(18)4-3-11-12-5-6-16(22)19(12,2)9-7-13(11)18;/h3-4,8,10-13H,5-7,9,20H2,1-2H3;1H/t11-,12-,13-,18+,19-;/m0./s1. The summed E-state index contributed by atoms with van der Waals surface area (Å²) in [5.74, 6) is 1.68. The molecular formula is C19H24ClNO2. The summed E-state index contributed by atoms with van der Waals surface area (Å²) in [7, 11) is 0.